The van der Waals surface area contributed by atoms with Gasteiger partial charge in [0.2, 0.25) is 5.91 Å². The SMILES string of the molecule is C\C=C/C(C)=C\C=C\NC(C)=O. The third-order valence-corrected chi connectivity index (χ3v) is 1.17. The second-order valence-corrected chi connectivity index (χ2v) is 2.47. The van der Waals surface area contributed by atoms with Gasteiger partial charge in [-0.25, -0.2) is 0 Å². The number of hydrogen-bond donors (Lipinski definition) is 1. The van der Waals surface area contributed by atoms with Crippen LogP contribution in [0.4, 0.5) is 0 Å². The van der Waals surface area contributed by atoms with E-state index in [1.165, 1.54) is 6.92 Å². The van der Waals surface area contributed by atoms with Crippen LogP contribution in [0, 0.1) is 0 Å². The molecule has 66 valence electrons. The largest absolute Gasteiger partial charge is 0.333 e. The Kier molecular flexibility index (Phi) is 5.70. The summed E-state index contributed by atoms with van der Waals surface area (Å²) < 4.78 is 0. The molecule has 0 bridgehead atoms. The molecular weight excluding hydrogens is 150 g/mol. The molecule has 0 aromatic rings. The number of rotatable bonds is 3. The Morgan fingerprint density at radius 1 is 1.33 bits per heavy atom. The lowest BCUT2D eigenvalue weighted by atomic mass is 10.2. The molecule has 0 saturated carbocycles. The maximum Gasteiger partial charge on any atom is 0.220 e. The first-order chi connectivity index (χ1) is 5.66. The van der Waals surface area contributed by atoms with E-state index in [1.54, 1.807) is 12.3 Å². The maximum atomic E-state index is 10.4. The van der Waals surface area contributed by atoms with Crippen LogP contribution in [-0.2, 0) is 4.79 Å². The van der Waals surface area contributed by atoms with Gasteiger partial charge in [-0.1, -0.05) is 23.8 Å². The summed E-state index contributed by atoms with van der Waals surface area (Å²) in [4.78, 5) is 10.4. The minimum absolute atomic E-state index is 0.0525. The summed E-state index contributed by atoms with van der Waals surface area (Å²) in [5, 5.41) is 2.55. The van der Waals surface area contributed by atoms with E-state index < -0.39 is 0 Å². The molecule has 0 spiro atoms. The zero-order valence-corrected chi connectivity index (χ0v) is 7.79. The van der Waals surface area contributed by atoms with E-state index in [-0.39, 0.29) is 5.91 Å². The molecule has 1 amide bonds. The predicted octanol–water partition coefficient (Wildman–Crippen LogP) is 2.16. The fourth-order valence-electron chi connectivity index (χ4n) is 0.684. The first-order valence-electron chi connectivity index (χ1n) is 3.90. The van der Waals surface area contributed by atoms with Gasteiger partial charge in [-0.05, 0) is 19.9 Å². The van der Waals surface area contributed by atoms with Crippen LogP contribution in [0.3, 0.4) is 0 Å². The van der Waals surface area contributed by atoms with Crippen molar-refractivity contribution in [2.24, 2.45) is 0 Å². The van der Waals surface area contributed by atoms with Crippen LogP contribution in [0.15, 0.2) is 36.1 Å². The molecule has 0 aromatic heterocycles. The number of hydrogen-bond acceptors (Lipinski definition) is 1. The average Bonchev–Trinajstić information content (AvgIpc) is 1.98. The first-order valence-corrected chi connectivity index (χ1v) is 3.90. The first kappa shape index (κ1) is 10.7. The van der Waals surface area contributed by atoms with Gasteiger partial charge >= 0.3 is 0 Å². The highest BCUT2D eigenvalue weighted by Gasteiger charge is 1.80. The third kappa shape index (κ3) is 6.81. The normalized spacial score (nSPS) is 12.8. The second kappa shape index (κ2) is 6.40. The van der Waals surface area contributed by atoms with Crippen molar-refractivity contribution >= 4 is 5.91 Å². The molecule has 0 unspecified atom stereocenters. The van der Waals surface area contributed by atoms with Crippen molar-refractivity contribution in [3.8, 4) is 0 Å². The number of nitrogens with one attached hydrogen (secondary N) is 1. The predicted molar refractivity (Wildman–Crippen MR) is 51.5 cm³/mol. The minimum atomic E-state index is -0.0525. The minimum Gasteiger partial charge on any atom is -0.333 e. The highest BCUT2D eigenvalue weighted by molar-refractivity contribution is 5.73. The molecule has 0 rings (SSSR count). The summed E-state index contributed by atoms with van der Waals surface area (Å²) in [7, 11) is 0. The van der Waals surface area contributed by atoms with Gasteiger partial charge in [0.05, 0.1) is 0 Å². The number of carbonyl (C=O) groups is 1. The van der Waals surface area contributed by atoms with Gasteiger partial charge in [-0.3, -0.25) is 4.79 Å². The molecule has 12 heavy (non-hydrogen) atoms. The van der Waals surface area contributed by atoms with Gasteiger partial charge in [0.1, 0.15) is 0 Å². The molecule has 0 aliphatic heterocycles. The van der Waals surface area contributed by atoms with Crippen LogP contribution in [0.2, 0.25) is 0 Å². The Morgan fingerprint density at radius 3 is 2.50 bits per heavy atom. The molecule has 0 aliphatic carbocycles. The zero-order chi connectivity index (χ0) is 9.40. The fourth-order valence-corrected chi connectivity index (χ4v) is 0.684. The lowest BCUT2D eigenvalue weighted by Gasteiger charge is -1.89. The smallest absolute Gasteiger partial charge is 0.220 e. The van der Waals surface area contributed by atoms with Crippen molar-refractivity contribution in [1.29, 1.82) is 0 Å². The van der Waals surface area contributed by atoms with Crippen molar-refractivity contribution < 1.29 is 4.79 Å². The zero-order valence-electron chi connectivity index (χ0n) is 7.79. The maximum absolute atomic E-state index is 10.4. The van der Waals surface area contributed by atoms with Gasteiger partial charge in [0.25, 0.3) is 0 Å². The molecule has 0 saturated heterocycles. The Hall–Kier alpha value is -1.31. The van der Waals surface area contributed by atoms with E-state index in [0.29, 0.717) is 0 Å². The highest BCUT2D eigenvalue weighted by Crippen LogP contribution is 1.93. The third-order valence-electron chi connectivity index (χ3n) is 1.17. The van der Waals surface area contributed by atoms with Crippen LogP contribution in [-0.4, -0.2) is 5.91 Å². The van der Waals surface area contributed by atoms with Crippen molar-refractivity contribution in [3.05, 3.63) is 36.1 Å². The van der Waals surface area contributed by atoms with E-state index in [0.717, 1.165) is 5.57 Å². The molecule has 0 fully saturated rings. The summed E-state index contributed by atoms with van der Waals surface area (Å²) >= 11 is 0. The monoisotopic (exact) mass is 165 g/mol. The Labute approximate surface area is 73.7 Å². The Balaban J connectivity index is 3.86. The van der Waals surface area contributed by atoms with E-state index in [2.05, 4.69) is 5.32 Å². The van der Waals surface area contributed by atoms with Crippen LogP contribution in [0.25, 0.3) is 0 Å². The van der Waals surface area contributed by atoms with E-state index in [1.807, 2.05) is 32.1 Å². The van der Waals surface area contributed by atoms with Gasteiger partial charge in [0, 0.05) is 13.1 Å². The van der Waals surface area contributed by atoms with E-state index in [4.69, 9.17) is 0 Å². The molecule has 0 atom stereocenters. The topological polar surface area (TPSA) is 29.1 Å². The van der Waals surface area contributed by atoms with Crippen molar-refractivity contribution in [2.45, 2.75) is 20.8 Å². The van der Waals surface area contributed by atoms with Crippen LogP contribution >= 0.6 is 0 Å². The lowest BCUT2D eigenvalue weighted by Crippen LogP contribution is -2.10. The molecule has 2 nitrogen and oxygen atoms in total. The summed E-state index contributed by atoms with van der Waals surface area (Å²) in [6.45, 7) is 5.44. The second-order valence-electron chi connectivity index (χ2n) is 2.47. The fraction of sp³-hybridized carbons (Fsp3) is 0.300. The summed E-state index contributed by atoms with van der Waals surface area (Å²) in [5.41, 5.74) is 1.15. The highest BCUT2D eigenvalue weighted by atomic mass is 16.1. The summed E-state index contributed by atoms with van der Waals surface area (Å²) in [6, 6.07) is 0. The van der Waals surface area contributed by atoms with Crippen molar-refractivity contribution in [1.82, 2.24) is 5.32 Å². The van der Waals surface area contributed by atoms with Gasteiger partial charge in [-0.15, -0.1) is 0 Å². The van der Waals surface area contributed by atoms with Crippen molar-refractivity contribution in [3.63, 3.8) is 0 Å². The van der Waals surface area contributed by atoms with Gasteiger partial charge in [-0.2, -0.15) is 0 Å². The molecular formula is C10H15NO. The Bertz CT molecular complexity index is 224. The number of amides is 1. The molecule has 2 heteroatoms. The molecule has 1 N–H and O–H groups in total. The van der Waals surface area contributed by atoms with E-state index >= 15 is 0 Å². The van der Waals surface area contributed by atoms with Crippen molar-refractivity contribution in [2.75, 3.05) is 0 Å². The summed E-state index contributed by atoms with van der Waals surface area (Å²) in [6.07, 6.45) is 9.32. The Morgan fingerprint density at radius 2 is 2.00 bits per heavy atom. The average molecular weight is 165 g/mol. The molecule has 0 heterocycles. The summed E-state index contributed by atoms with van der Waals surface area (Å²) in [5.74, 6) is -0.0525. The van der Waals surface area contributed by atoms with Crippen LogP contribution in [0.1, 0.15) is 20.8 Å². The molecule has 0 aliphatic rings. The van der Waals surface area contributed by atoms with Gasteiger partial charge in [0.15, 0.2) is 0 Å². The quantitative estimate of drug-likeness (QED) is 0.638. The van der Waals surface area contributed by atoms with E-state index in [9.17, 15) is 4.79 Å². The number of carbonyl (C=O) groups excluding carboxylic acids is 1. The molecule has 0 radical (unpaired) electrons. The number of allylic oxidation sites excluding steroid dienone is 5. The standard InChI is InChI=1S/C10H15NO/c1-4-6-9(2)7-5-8-11-10(3)12/h4-8H,1-3H3,(H,11,12)/b6-4-,8-5+,9-7-. The molecule has 0 aromatic carbocycles. The lowest BCUT2D eigenvalue weighted by molar-refractivity contribution is -0.118. The van der Waals surface area contributed by atoms with Crippen LogP contribution in [0.5, 0.6) is 0 Å². The van der Waals surface area contributed by atoms with Gasteiger partial charge < -0.3 is 5.32 Å². The van der Waals surface area contributed by atoms with Crippen LogP contribution < -0.4 is 5.32 Å².